The van der Waals surface area contributed by atoms with Crippen molar-refractivity contribution in [2.75, 3.05) is 37.8 Å². The van der Waals surface area contributed by atoms with E-state index >= 15 is 0 Å². The van der Waals surface area contributed by atoms with E-state index in [1.165, 1.54) is 91.4 Å². The van der Waals surface area contributed by atoms with Crippen LogP contribution in [-0.2, 0) is 55.5 Å². The number of anilines is 1. The number of aliphatic hydroxyl groups is 2. The molecular formula is C39H70N7O19P3S. The number of aliphatic hydroxyl groups excluding tert-OH is 2. The number of nitrogens with one attached hydrogen (secondary N) is 2. The summed E-state index contributed by atoms with van der Waals surface area (Å²) < 4.78 is 61.8. The quantitative estimate of drug-likeness (QED) is 0.0353. The van der Waals surface area contributed by atoms with E-state index in [9.17, 15) is 62.7 Å². The third-order valence-corrected chi connectivity index (χ3v) is 14.2. The fraction of sp³-hybridized carbons (Fsp3) is 0.769. The minimum Gasteiger partial charge on any atom is -0.481 e. The first-order chi connectivity index (χ1) is 32.3. The van der Waals surface area contributed by atoms with Gasteiger partial charge in [0.2, 0.25) is 11.8 Å². The van der Waals surface area contributed by atoms with Crippen molar-refractivity contribution >= 4 is 75.1 Å². The zero-order valence-electron chi connectivity index (χ0n) is 39.3. The number of rotatable bonds is 33. The molecule has 2 unspecified atom stereocenters. The number of phosphoric acid groups is 3. The number of carbonyl (C=O) groups is 4. The molecule has 2 aromatic heterocycles. The van der Waals surface area contributed by atoms with Crippen molar-refractivity contribution < 1.29 is 90.4 Å². The lowest BCUT2D eigenvalue weighted by molar-refractivity contribution is -0.137. The number of hydrogen-bond donors (Lipinski definition) is 10. The Morgan fingerprint density at radius 3 is 2.01 bits per heavy atom. The Labute approximate surface area is 405 Å². The van der Waals surface area contributed by atoms with Crippen molar-refractivity contribution in [1.82, 2.24) is 30.2 Å². The average Bonchev–Trinajstić information content (AvgIpc) is 3.82. The molecule has 30 heteroatoms. The van der Waals surface area contributed by atoms with Crippen LogP contribution in [0.3, 0.4) is 0 Å². The molecule has 0 bridgehead atoms. The number of nitrogens with zero attached hydrogens (tertiary/aromatic N) is 4. The SMILES string of the molecule is CC(=O)SCCNC(=O)CCNC(=O)[C@H](O)C(C)(C)COP(=O)(O)OP(=O)(O)OC[C@H]1O[C@@H](n2cnc3c(N)ncnc32)[C@H](O)[C@@H]1OP(=O)(O)O.CCCCCCCCCCCCCCCC(=O)O. The van der Waals surface area contributed by atoms with Crippen LogP contribution in [0.25, 0.3) is 11.2 Å². The van der Waals surface area contributed by atoms with Gasteiger partial charge < -0.3 is 56.0 Å². The molecule has 2 amide bonds. The summed E-state index contributed by atoms with van der Waals surface area (Å²) in [7, 11) is -16.4. The number of thioether (sulfide) groups is 1. The van der Waals surface area contributed by atoms with Crippen LogP contribution in [0.15, 0.2) is 12.7 Å². The minimum absolute atomic E-state index is 0.0310. The molecule has 26 nitrogen and oxygen atoms in total. The van der Waals surface area contributed by atoms with Crippen molar-refractivity contribution in [3.8, 4) is 0 Å². The molecule has 0 aromatic carbocycles. The smallest absolute Gasteiger partial charge is 0.481 e. The highest BCUT2D eigenvalue weighted by molar-refractivity contribution is 8.13. The van der Waals surface area contributed by atoms with Crippen molar-refractivity contribution in [2.45, 2.75) is 155 Å². The summed E-state index contributed by atoms with van der Waals surface area (Å²) in [5.41, 5.74) is 4.26. The highest BCUT2D eigenvalue weighted by Gasteiger charge is 2.50. The number of aliphatic carboxylic acids is 1. The second-order valence-corrected chi connectivity index (χ2v) is 22.3. The van der Waals surface area contributed by atoms with E-state index in [2.05, 4.69) is 41.3 Å². The van der Waals surface area contributed by atoms with Gasteiger partial charge in [-0.3, -0.25) is 37.3 Å². The van der Waals surface area contributed by atoms with Gasteiger partial charge in [-0.25, -0.2) is 28.6 Å². The summed E-state index contributed by atoms with van der Waals surface area (Å²) in [5.74, 6) is -1.74. The molecule has 1 aliphatic heterocycles. The summed E-state index contributed by atoms with van der Waals surface area (Å²) in [5, 5.41) is 34.5. The lowest BCUT2D eigenvalue weighted by atomic mass is 9.87. The largest absolute Gasteiger partial charge is 0.481 e. The molecule has 0 saturated carbocycles. The number of unbranched alkanes of at least 4 members (excludes halogenated alkanes) is 12. The van der Waals surface area contributed by atoms with Gasteiger partial charge in [0.1, 0.15) is 36.3 Å². The number of aromatic nitrogens is 4. The Hall–Kier alpha value is -2.97. The van der Waals surface area contributed by atoms with Crippen molar-refractivity contribution in [2.24, 2.45) is 5.41 Å². The molecule has 2 aromatic rings. The van der Waals surface area contributed by atoms with E-state index in [0.717, 1.165) is 41.8 Å². The summed E-state index contributed by atoms with van der Waals surface area (Å²) in [6.45, 7) is 4.16. The zero-order chi connectivity index (χ0) is 51.8. The van der Waals surface area contributed by atoms with Gasteiger partial charge >= 0.3 is 29.4 Å². The van der Waals surface area contributed by atoms with Crippen LogP contribution in [0.2, 0.25) is 0 Å². The Morgan fingerprint density at radius 1 is 0.870 bits per heavy atom. The summed E-state index contributed by atoms with van der Waals surface area (Å²) in [6, 6.07) is 0. The molecule has 3 heterocycles. The molecule has 3 rings (SSSR count). The zero-order valence-corrected chi connectivity index (χ0v) is 42.8. The van der Waals surface area contributed by atoms with Crippen LogP contribution in [0.4, 0.5) is 5.82 Å². The first-order valence-corrected chi connectivity index (χ1v) is 28.0. The fourth-order valence-electron chi connectivity index (χ4n) is 6.62. The highest BCUT2D eigenvalue weighted by Crippen LogP contribution is 2.61. The first-order valence-electron chi connectivity index (χ1n) is 22.5. The van der Waals surface area contributed by atoms with E-state index in [0.29, 0.717) is 12.2 Å². The van der Waals surface area contributed by atoms with Crippen LogP contribution in [-0.4, -0.2) is 134 Å². The topological polar surface area (TPSA) is 401 Å². The monoisotopic (exact) mass is 1070 g/mol. The molecule has 1 aliphatic rings. The van der Waals surface area contributed by atoms with Crippen LogP contribution in [0.5, 0.6) is 0 Å². The lowest BCUT2D eigenvalue weighted by Gasteiger charge is -2.30. The number of carboxylic acids is 1. The third-order valence-electron chi connectivity index (χ3n) is 10.3. The van der Waals surface area contributed by atoms with Gasteiger partial charge in [-0.1, -0.05) is 110 Å². The van der Waals surface area contributed by atoms with E-state index in [4.69, 9.17) is 24.6 Å². The van der Waals surface area contributed by atoms with Crippen molar-refractivity contribution in [1.29, 1.82) is 0 Å². The number of imidazole rings is 1. The van der Waals surface area contributed by atoms with E-state index < -0.39 is 90.5 Å². The maximum Gasteiger partial charge on any atom is 0.481 e. The van der Waals surface area contributed by atoms with Crippen LogP contribution >= 0.6 is 35.2 Å². The molecule has 1 fully saturated rings. The maximum atomic E-state index is 12.6. The van der Waals surface area contributed by atoms with Crippen molar-refractivity contribution in [3.63, 3.8) is 0 Å². The van der Waals surface area contributed by atoms with Crippen LogP contribution in [0.1, 0.15) is 130 Å². The van der Waals surface area contributed by atoms with Gasteiger partial charge in [0.25, 0.3) is 0 Å². The molecule has 396 valence electrons. The van der Waals surface area contributed by atoms with Gasteiger partial charge in [0, 0.05) is 44.0 Å². The second-order valence-electron chi connectivity index (χ2n) is 16.8. The number of hydrogen-bond acceptors (Lipinski definition) is 19. The molecule has 0 spiro atoms. The molecular weight excluding hydrogens is 995 g/mol. The highest BCUT2D eigenvalue weighted by atomic mass is 32.2. The molecule has 11 N–H and O–H groups in total. The Bertz CT molecular complexity index is 2060. The molecule has 1 saturated heterocycles. The van der Waals surface area contributed by atoms with Crippen LogP contribution < -0.4 is 16.4 Å². The Balaban J connectivity index is 0.000000765. The number of phosphoric ester groups is 3. The standard InChI is InChI=1S/C23H38N7O17P3S.C16H32O2/c1-12(31)51-7-6-25-14(32)4-5-26-21(35)18(34)23(2,3)9-44-50(41,42)47-49(39,40)43-8-13-17(46-48(36,37)38)16(33)22(45-13)30-11-29-15-19(24)27-10-28-20(15)30;1-2-3-4-5-6-7-8-9-10-11-12-13-14-15-16(17)18/h10-11,13,16-18,22,33-34H,4-9H2,1-3H3,(H,25,32)(H,26,35)(H,39,40)(H,41,42)(H2,24,27,28)(H2,36,37,38);2-15H2,1H3,(H,17,18)/t13-,16-,17-,18+,22-;/m1./s1. The first kappa shape index (κ1) is 62.1. The number of amides is 2. The molecule has 0 aliphatic carbocycles. The number of nitrogens with two attached hydrogens (primary N) is 1. The van der Waals surface area contributed by atoms with Crippen molar-refractivity contribution in [3.05, 3.63) is 12.7 Å². The second kappa shape index (κ2) is 30.8. The predicted molar refractivity (Wildman–Crippen MR) is 251 cm³/mol. The Morgan fingerprint density at radius 2 is 1.45 bits per heavy atom. The van der Waals surface area contributed by atoms with Gasteiger partial charge in [-0.15, -0.1) is 0 Å². The van der Waals surface area contributed by atoms with Gasteiger partial charge in [-0.2, -0.15) is 4.31 Å². The van der Waals surface area contributed by atoms with Gasteiger partial charge in [-0.05, 0) is 6.42 Å². The van der Waals surface area contributed by atoms with Gasteiger partial charge in [0.05, 0.1) is 19.5 Å². The Kier molecular flexibility index (Phi) is 27.7. The summed E-state index contributed by atoms with van der Waals surface area (Å²) in [6.07, 6.45) is 10.4. The normalized spacial score (nSPS) is 19.5. The maximum absolute atomic E-state index is 12.6. The minimum atomic E-state index is -5.56. The van der Waals surface area contributed by atoms with E-state index in [-0.39, 0.29) is 41.6 Å². The van der Waals surface area contributed by atoms with E-state index in [1.807, 2.05) is 0 Å². The summed E-state index contributed by atoms with van der Waals surface area (Å²) >= 11 is 1.03. The molecule has 7 atom stereocenters. The predicted octanol–water partition coefficient (Wildman–Crippen LogP) is 4.24. The lowest BCUT2D eigenvalue weighted by Crippen LogP contribution is -2.46. The number of carboxylic acid groups (broad SMARTS) is 1. The fourth-order valence-corrected chi connectivity index (χ4v) is 9.94. The number of carbonyl (C=O) groups excluding carboxylic acids is 3. The summed E-state index contributed by atoms with van der Waals surface area (Å²) in [4.78, 5) is 96.2. The van der Waals surface area contributed by atoms with Crippen LogP contribution in [0, 0.1) is 5.41 Å². The number of fused-ring (bicyclic) bond motifs is 1. The van der Waals surface area contributed by atoms with E-state index in [1.54, 1.807) is 0 Å². The number of nitrogen functional groups attached to an aromatic ring is 1. The molecule has 69 heavy (non-hydrogen) atoms. The third kappa shape index (κ3) is 24.8. The average molecular weight is 1070 g/mol. The number of ether oxygens (including phenoxy) is 1. The van der Waals surface area contributed by atoms with Gasteiger partial charge in [0.15, 0.2) is 22.8 Å². The molecule has 0 radical (unpaired) electrons.